The first-order chi connectivity index (χ1) is 14.1. The Morgan fingerprint density at radius 1 is 0.931 bits per heavy atom. The third kappa shape index (κ3) is 4.56. The lowest BCUT2D eigenvalue weighted by Crippen LogP contribution is -2.35. The van der Waals surface area contributed by atoms with E-state index in [9.17, 15) is 14.0 Å². The molecule has 6 nitrogen and oxygen atoms in total. The van der Waals surface area contributed by atoms with E-state index in [4.69, 9.17) is 0 Å². The van der Waals surface area contributed by atoms with Gasteiger partial charge in [0.15, 0.2) is 0 Å². The highest BCUT2D eigenvalue weighted by Gasteiger charge is 2.23. The molecule has 2 saturated heterocycles. The van der Waals surface area contributed by atoms with Crippen molar-refractivity contribution in [2.24, 2.45) is 0 Å². The van der Waals surface area contributed by atoms with Gasteiger partial charge in [-0.2, -0.15) is 0 Å². The standard InChI is InChI=1S/C22H25FN4O2/c23-19-6-2-17(3-7-19)16-25-11-1-12-26(15-14-25)21(28)18-4-8-20(9-5-18)27-13-10-24-22(27)29/h2-9H,1,10-16H2,(H,24,29). The molecule has 0 atom stereocenters. The van der Waals surface area contributed by atoms with Gasteiger partial charge >= 0.3 is 6.03 Å². The molecule has 3 amide bonds. The summed E-state index contributed by atoms with van der Waals surface area (Å²) >= 11 is 0. The zero-order valence-electron chi connectivity index (χ0n) is 16.3. The monoisotopic (exact) mass is 396 g/mol. The highest BCUT2D eigenvalue weighted by molar-refractivity contribution is 5.97. The van der Waals surface area contributed by atoms with Gasteiger partial charge in [0.2, 0.25) is 0 Å². The van der Waals surface area contributed by atoms with Crippen molar-refractivity contribution in [1.29, 1.82) is 0 Å². The molecule has 0 bridgehead atoms. The summed E-state index contributed by atoms with van der Waals surface area (Å²) in [5, 5.41) is 2.78. The zero-order valence-corrected chi connectivity index (χ0v) is 16.3. The van der Waals surface area contributed by atoms with Crippen LogP contribution >= 0.6 is 0 Å². The summed E-state index contributed by atoms with van der Waals surface area (Å²) < 4.78 is 13.1. The summed E-state index contributed by atoms with van der Waals surface area (Å²) in [5.41, 5.74) is 2.52. The van der Waals surface area contributed by atoms with Crippen LogP contribution in [0.5, 0.6) is 0 Å². The molecule has 0 spiro atoms. The first-order valence-electron chi connectivity index (χ1n) is 10.0. The van der Waals surface area contributed by atoms with E-state index >= 15 is 0 Å². The minimum absolute atomic E-state index is 0.0195. The number of hydrogen-bond acceptors (Lipinski definition) is 3. The molecule has 0 aromatic heterocycles. The van der Waals surface area contributed by atoms with Crippen molar-refractivity contribution in [2.45, 2.75) is 13.0 Å². The number of nitrogens with one attached hydrogen (secondary N) is 1. The molecule has 29 heavy (non-hydrogen) atoms. The molecule has 1 N–H and O–H groups in total. The summed E-state index contributed by atoms with van der Waals surface area (Å²) in [4.78, 5) is 30.6. The molecule has 0 saturated carbocycles. The number of benzene rings is 2. The van der Waals surface area contributed by atoms with Crippen molar-refractivity contribution < 1.29 is 14.0 Å². The summed E-state index contributed by atoms with van der Waals surface area (Å²) in [6.45, 7) is 5.11. The largest absolute Gasteiger partial charge is 0.337 e. The van der Waals surface area contributed by atoms with Crippen LogP contribution in [0.4, 0.5) is 14.9 Å². The highest BCUT2D eigenvalue weighted by Crippen LogP contribution is 2.19. The molecule has 0 radical (unpaired) electrons. The zero-order chi connectivity index (χ0) is 20.2. The van der Waals surface area contributed by atoms with Crippen molar-refractivity contribution in [1.82, 2.24) is 15.1 Å². The van der Waals surface area contributed by atoms with Crippen LogP contribution in [0.2, 0.25) is 0 Å². The summed E-state index contributed by atoms with van der Waals surface area (Å²) in [7, 11) is 0. The molecule has 0 unspecified atom stereocenters. The van der Waals surface area contributed by atoms with Gasteiger partial charge in [0.1, 0.15) is 5.82 Å². The van der Waals surface area contributed by atoms with Gasteiger partial charge in [-0.15, -0.1) is 0 Å². The van der Waals surface area contributed by atoms with Crippen LogP contribution in [0.15, 0.2) is 48.5 Å². The van der Waals surface area contributed by atoms with Gasteiger partial charge in [0, 0.05) is 57.1 Å². The number of halogens is 1. The van der Waals surface area contributed by atoms with E-state index in [2.05, 4.69) is 10.2 Å². The van der Waals surface area contributed by atoms with Gasteiger partial charge in [-0.1, -0.05) is 12.1 Å². The summed E-state index contributed by atoms with van der Waals surface area (Å²) in [5.74, 6) is -0.205. The van der Waals surface area contributed by atoms with Gasteiger partial charge in [-0.25, -0.2) is 9.18 Å². The second-order valence-electron chi connectivity index (χ2n) is 7.48. The van der Waals surface area contributed by atoms with Gasteiger partial charge < -0.3 is 10.2 Å². The normalized spacial score (nSPS) is 17.9. The van der Waals surface area contributed by atoms with Crippen LogP contribution in [0, 0.1) is 5.82 Å². The first kappa shape index (κ1) is 19.4. The molecule has 2 fully saturated rings. The molecular formula is C22H25FN4O2. The number of urea groups is 1. The Kier molecular flexibility index (Phi) is 5.76. The molecule has 2 aromatic carbocycles. The number of carbonyl (C=O) groups excluding carboxylic acids is 2. The van der Waals surface area contributed by atoms with Gasteiger partial charge in [0.25, 0.3) is 5.91 Å². The van der Waals surface area contributed by atoms with Crippen LogP contribution in [0.1, 0.15) is 22.3 Å². The second kappa shape index (κ2) is 8.61. The van der Waals surface area contributed by atoms with E-state index in [1.165, 1.54) is 12.1 Å². The lowest BCUT2D eigenvalue weighted by atomic mass is 10.1. The molecule has 152 valence electrons. The molecule has 2 aliphatic rings. The van der Waals surface area contributed by atoms with E-state index in [0.29, 0.717) is 25.2 Å². The average molecular weight is 396 g/mol. The average Bonchev–Trinajstić information content (AvgIpc) is 3.03. The fourth-order valence-corrected chi connectivity index (χ4v) is 3.86. The Bertz CT molecular complexity index is 869. The molecular weight excluding hydrogens is 371 g/mol. The maximum absolute atomic E-state index is 13.1. The Labute approximate surface area is 169 Å². The van der Waals surface area contributed by atoms with Crippen molar-refractivity contribution in [3.05, 3.63) is 65.5 Å². The van der Waals surface area contributed by atoms with E-state index in [1.807, 2.05) is 29.2 Å². The number of anilines is 1. The molecule has 0 aliphatic carbocycles. The van der Waals surface area contributed by atoms with Crippen LogP contribution in [0.25, 0.3) is 0 Å². The van der Waals surface area contributed by atoms with Crippen molar-refractivity contribution >= 4 is 17.6 Å². The topological polar surface area (TPSA) is 55.9 Å². The van der Waals surface area contributed by atoms with Gasteiger partial charge in [-0.05, 0) is 48.4 Å². The van der Waals surface area contributed by atoms with Crippen molar-refractivity contribution in [3.8, 4) is 0 Å². The van der Waals surface area contributed by atoms with E-state index in [0.717, 1.165) is 43.9 Å². The minimum atomic E-state index is -0.224. The fraction of sp³-hybridized carbons (Fsp3) is 0.364. The number of nitrogens with zero attached hydrogens (tertiary/aromatic N) is 3. The maximum atomic E-state index is 13.1. The first-order valence-corrected chi connectivity index (χ1v) is 10.0. The lowest BCUT2D eigenvalue weighted by Gasteiger charge is -2.22. The van der Waals surface area contributed by atoms with E-state index < -0.39 is 0 Å². The van der Waals surface area contributed by atoms with Crippen LogP contribution in [0.3, 0.4) is 0 Å². The van der Waals surface area contributed by atoms with E-state index in [1.54, 1.807) is 17.0 Å². The number of amides is 3. The number of rotatable bonds is 4. The van der Waals surface area contributed by atoms with Gasteiger partial charge in [0.05, 0.1) is 0 Å². The Hall–Kier alpha value is -2.93. The van der Waals surface area contributed by atoms with Crippen LogP contribution in [-0.4, -0.2) is 61.0 Å². The molecule has 2 aliphatic heterocycles. The fourth-order valence-electron chi connectivity index (χ4n) is 3.86. The van der Waals surface area contributed by atoms with Gasteiger partial charge in [-0.3, -0.25) is 14.6 Å². The number of carbonyl (C=O) groups is 2. The van der Waals surface area contributed by atoms with Crippen molar-refractivity contribution in [3.63, 3.8) is 0 Å². The predicted molar refractivity (Wildman–Crippen MR) is 109 cm³/mol. The summed E-state index contributed by atoms with van der Waals surface area (Å²) in [6, 6.07) is 13.7. The quantitative estimate of drug-likeness (QED) is 0.865. The van der Waals surface area contributed by atoms with E-state index in [-0.39, 0.29) is 17.8 Å². The smallest absolute Gasteiger partial charge is 0.321 e. The minimum Gasteiger partial charge on any atom is -0.337 e. The molecule has 2 heterocycles. The SMILES string of the molecule is O=C(c1ccc(N2CCNC2=O)cc1)N1CCCN(Cc2ccc(F)cc2)CC1. The molecule has 2 aromatic rings. The Balaban J connectivity index is 1.35. The third-order valence-corrected chi connectivity index (χ3v) is 5.48. The lowest BCUT2D eigenvalue weighted by molar-refractivity contribution is 0.0761. The van der Waals surface area contributed by atoms with Crippen LogP contribution in [-0.2, 0) is 6.54 Å². The van der Waals surface area contributed by atoms with Crippen LogP contribution < -0.4 is 10.2 Å². The Morgan fingerprint density at radius 2 is 1.69 bits per heavy atom. The predicted octanol–water partition coefficient (Wildman–Crippen LogP) is 2.70. The Morgan fingerprint density at radius 3 is 2.38 bits per heavy atom. The third-order valence-electron chi connectivity index (χ3n) is 5.48. The van der Waals surface area contributed by atoms with Crippen molar-refractivity contribution in [2.75, 3.05) is 44.2 Å². The number of hydrogen-bond donors (Lipinski definition) is 1. The molecule has 4 rings (SSSR count). The summed E-state index contributed by atoms with van der Waals surface area (Å²) in [6.07, 6.45) is 0.902. The second-order valence-corrected chi connectivity index (χ2v) is 7.48. The maximum Gasteiger partial charge on any atom is 0.321 e. The highest BCUT2D eigenvalue weighted by atomic mass is 19.1. The molecule has 7 heteroatoms.